The highest BCUT2D eigenvalue weighted by Gasteiger charge is 2.06. The predicted octanol–water partition coefficient (Wildman–Crippen LogP) is 0.518. The molecule has 0 radical (unpaired) electrons. The molecule has 3 N–H and O–H groups in total. The van der Waals surface area contributed by atoms with Crippen molar-refractivity contribution in [3.05, 3.63) is 40.3 Å². The Labute approximate surface area is 90.0 Å². The molecule has 0 saturated carbocycles. The average Bonchev–Trinajstić information content (AvgIpc) is 2.28. The molecule has 0 aliphatic rings. The molecule has 6 heteroatoms. The number of fused-ring (bicyclic) bond motifs is 1. The van der Waals surface area contributed by atoms with Crippen molar-refractivity contribution in [2.24, 2.45) is 5.73 Å². The van der Waals surface area contributed by atoms with Gasteiger partial charge in [-0.25, -0.2) is 9.89 Å². The lowest BCUT2D eigenvalue weighted by atomic mass is 10.1. The summed E-state index contributed by atoms with van der Waals surface area (Å²) in [7, 11) is 0. The second kappa shape index (κ2) is 4.01. The van der Waals surface area contributed by atoms with Crippen LogP contribution in [0.4, 0.5) is 4.79 Å². The lowest BCUT2D eigenvalue weighted by Crippen LogP contribution is -2.16. The highest BCUT2D eigenvalue weighted by Crippen LogP contribution is 2.12. The Hall–Kier alpha value is -2.37. The molecule has 1 aromatic carbocycles. The summed E-state index contributed by atoms with van der Waals surface area (Å²) in [5.74, 6) is 0. The van der Waals surface area contributed by atoms with Gasteiger partial charge in [0.25, 0.3) is 5.56 Å². The van der Waals surface area contributed by atoms with Crippen LogP contribution < -0.4 is 11.3 Å². The van der Waals surface area contributed by atoms with Crippen molar-refractivity contribution in [1.82, 2.24) is 10.2 Å². The Morgan fingerprint density at radius 2 is 2.06 bits per heavy atom. The van der Waals surface area contributed by atoms with Crippen molar-refractivity contribution in [3.63, 3.8) is 0 Å². The van der Waals surface area contributed by atoms with Crippen LogP contribution in [0.5, 0.6) is 0 Å². The molecule has 6 nitrogen and oxygen atoms in total. The van der Waals surface area contributed by atoms with Gasteiger partial charge in [-0.1, -0.05) is 18.2 Å². The normalized spacial score (nSPS) is 10.2. The maximum Gasteiger partial charge on any atom is 0.404 e. The van der Waals surface area contributed by atoms with E-state index in [-0.39, 0.29) is 12.2 Å². The van der Waals surface area contributed by atoms with Gasteiger partial charge < -0.3 is 10.5 Å². The van der Waals surface area contributed by atoms with Crippen LogP contribution in [0.15, 0.2) is 29.1 Å². The zero-order valence-corrected chi connectivity index (χ0v) is 8.27. The largest absolute Gasteiger partial charge is 0.443 e. The van der Waals surface area contributed by atoms with E-state index in [1.807, 2.05) is 0 Å². The van der Waals surface area contributed by atoms with Crippen LogP contribution >= 0.6 is 0 Å². The van der Waals surface area contributed by atoms with Crippen LogP contribution in [0.25, 0.3) is 10.8 Å². The smallest absolute Gasteiger partial charge is 0.404 e. The molecule has 1 aromatic heterocycles. The zero-order chi connectivity index (χ0) is 11.5. The quantitative estimate of drug-likeness (QED) is 0.769. The number of ether oxygens (including phenoxy) is 1. The van der Waals surface area contributed by atoms with Gasteiger partial charge in [-0.2, -0.15) is 5.10 Å². The average molecular weight is 219 g/mol. The summed E-state index contributed by atoms with van der Waals surface area (Å²) >= 11 is 0. The van der Waals surface area contributed by atoms with Gasteiger partial charge in [0, 0.05) is 5.39 Å². The van der Waals surface area contributed by atoms with E-state index in [1.54, 1.807) is 24.3 Å². The molecule has 0 fully saturated rings. The number of carbonyl (C=O) groups excluding carboxylic acids is 1. The summed E-state index contributed by atoms with van der Waals surface area (Å²) in [5, 5.41) is 7.28. The number of carbonyl (C=O) groups is 1. The first kappa shape index (κ1) is 10.2. The molecule has 0 aliphatic heterocycles. The lowest BCUT2D eigenvalue weighted by Gasteiger charge is -2.04. The molecule has 0 bridgehead atoms. The summed E-state index contributed by atoms with van der Waals surface area (Å²) in [6.45, 7) is -0.0629. The van der Waals surface area contributed by atoms with Gasteiger partial charge in [-0.3, -0.25) is 4.79 Å². The van der Waals surface area contributed by atoms with Crippen LogP contribution in [-0.4, -0.2) is 16.3 Å². The van der Waals surface area contributed by atoms with E-state index in [1.165, 1.54) is 0 Å². The summed E-state index contributed by atoms with van der Waals surface area (Å²) in [6.07, 6.45) is -0.878. The Balaban J connectivity index is 2.50. The molecular weight excluding hydrogens is 210 g/mol. The van der Waals surface area contributed by atoms with Crippen molar-refractivity contribution in [3.8, 4) is 0 Å². The molecular formula is C10H9N3O3. The predicted molar refractivity (Wildman–Crippen MR) is 56.7 cm³/mol. The van der Waals surface area contributed by atoms with E-state index in [0.717, 1.165) is 0 Å². The molecule has 1 amide bonds. The van der Waals surface area contributed by atoms with Gasteiger partial charge in [0.15, 0.2) is 0 Å². The molecule has 0 spiro atoms. The molecule has 2 aromatic rings. The molecule has 1 heterocycles. The Morgan fingerprint density at radius 1 is 1.38 bits per heavy atom. The topological polar surface area (TPSA) is 98.1 Å². The van der Waals surface area contributed by atoms with E-state index in [0.29, 0.717) is 16.5 Å². The van der Waals surface area contributed by atoms with E-state index < -0.39 is 6.09 Å². The summed E-state index contributed by atoms with van der Waals surface area (Å²) in [5.41, 5.74) is 5.04. The third-order valence-electron chi connectivity index (χ3n) is 2.13. The molecule has 0 saturated heterocycles. The van der Waals surface area contributed by atoms with Gasteiger partial charge in [-0.05, 0) is 6.07 Å². The second-order valence-electron chi connectivity index (χ2n) is 3.15. The third kappa shape index (κ3) is 1.85. The van der Waals surface area contributed by atoms with E-state index in [9.17, 15) is 9.59 Å². The lowest BCUT2D eigenvalue weighted by molar-refractivity contribution is 0.149. The number of rotatable bonds is 2. The number of aromatic amines is 1. The molecule has 2 rings (SSSR count). The van der Waals surface area contributed by atoms with Crippen molar-refractivity contribution >= 4 is 16.9 Å². The monoisotopic (exact) mass is 219 g/mol. The first-order valence-corrected chi connectivity index (χ1v) is 4.57. The van der Waals surface area contributed by atoms with Crippen molar-refractivity contribution in [1.29, 1.82) is 0 Å². The molecule has 82 valence electrons. The fourth-order valence-corrected chi connectivity index (χ4v) is 1.42. The first-order chi connectivity index (χ1) is 7.68. The Bertz CT molecular complexity index is 591. The van der Waals surface area contributed by atoms with Crippen LogP contribution in [0.1, 0.15) is 5.69 Å². The van der Waals surface area contributed by atoms with Crippen molar-refractivity contribution in [2.45, 2.75) is 6.61 Å². The second-order valence-corrected chi connectivity index (χ2v) is 3.15. The number of hydrogen-bond acceptors (Lipinski definition) is 4. The molecule has 16 heavy (non-hydrogen) atoms. The van der Waals surface area contributed by atoms with Crippen LogP contribution in [-0.2, 0) is 11.3 Å². The number of nitrogens with two attached hydrogens (primary N) is 1. The summed E-state index contributed by atoms with van der Waals surface area (Å²) < 4.78 is 4.63. The molecule has 0 atom stereocenters. The van der Waals surface area contributed by atoms with Crippen molar-refractivity contribution in [2.75, 3.05) is 0 Å². The number of hydrogen-bond donors (Lipinski definition) is 2. The number of aromatic nitrogens is 2. The minimum Gasteiger partial charge on any atom is -0.443 e. The SMILES string of the molecule is NC(=O)OCc1n[nH]c(=O)c2ccccc12. The Morgan fingerprint density at radius 3 is 2.75 bits per heavy atom. The Kier molecular flexibility index (Phi) is 2.55. The highest BCUT2D eigenvalue weighted by atomic mass is 16.5. The number of benzene rings is 1. The standard InChI is InChI=1S/C10H9N3O3/c11-10(15)16-5-8-6-3-1-2-4-7(6)9(14)13-12-8/h1-4H,5H2,(H2,11,15)(H,13,14). The van der Waals surface area contributed by atoms with Crippen molar-refractivity contribution < 1.29 is 9.53 Å². The summed E-state index contributed by atoms with van der Waals surface area (Å²) in [6, 6.07) is 6.92. The number of H-pyrrole nitrogens is 1. The van der Waals surface area contributed by atoms with Crippen LogP contribution in [0.3, 0.4) is 0 Å². The number of nitrogens with one attached hydrogen (secondary N) is 1. The van der Waals surface area contributed by atoms with E-state index in [4.69, 9.17) is 5.73 Å². The molecule has 0 aliphatic carbocycles. The highest BCUT2D eigenvalue weighted by molar-refractivity contribution is 5.83. The first-order valence-electron chi connectivity index (χ1n) is 4.57. The van der Waals surface area contributed by atoms with E-state index >= 15 is 0 Å². The minimum absolute atomic E-state index is 0.0629. The van der Waals surface area contributed by atoms with Gasteiger partial charge in [-0.15, -0.1) is 0 Å². The number of amides is 1. The fourth-order valence-electron chi connectivity index (χ4n) is 1.42. The fraction of sp³-hybridized carbons (Fsp3) is 0.100. The maximum atomic E-state index is 11.4. The van der Waals surface area contributed by atoms with Gasteiger partial charge in [0.1, 0.15) is 12.3 Å². The van der Waals surface area contributed by atoms with Gasteiger partial charge in [0.2, 0.25) is 0 Å². The van der Waals surface area contributed by atoms with Crippen LogP contribution in [0.2, 0.25) is 0 Å². The number of primary amides is 1. The third-order valence-corrected chi connectivity index (χ3v) is 2.13. The van der Waals surface area contributed by atoms with E-state index in [2.05, 4.69) is 14.9 Å². The molecule has 0 unspecified atom stereocenters. The van der Waals surface area contributed by atoms with Gasteiger partial charge >= 0.3 is 6.09 Å². The maximum absolute atomic E-state index is 11.4. The number of nitrogens with zero attached hydrogens (tertiary/aromatic N) is 1. The van der Waals surface area contributed by atoms with Gasteiger partial charge in [0.05, 0.1) is 5.39 Å². The summed E-state index contributed by atoms with van der Waals surface area (Å²) in [4.78, 5) is 21.9. The minimum atomic E-state index is -0.878. The van der Waals surface area contributed by atoms with Crippen LogP contribution in [0, 0.1) is 0 Å². The zero-order valence-electron chi connectivity index (χ0n) is 8.27.